The SMILES string of the molecule is CC(C)(C(=O)Cc1ccco1)c1ccc(N)cc1. The summed E-state index contributed by atoms with van der Waals surface area (Å²) in [6.07, 6.45) is 1.89. The molecule has 1 aromatic carbocycles. The molecular formula is C15H17NO2. The summed E-state index contributed by atoms with van der Waals surface area (Å²) in [5, 5.41) is 0. The number of hydrogen-bond donors (Lipinski definition) is 1. The van der Waals surface area contributed by atoms with Crippen molar-refractivity contribution in [2.45, 2.75) is 25.7 Å². The molecule has 2 aromatic rings. The van der Waals surface area contributed by atoms with Crippen molar-refractivity contribution >= 4 is 11.5 Å². The number of hydrogen-bond acceptors (Lipinski definition) is 3. The summed E-state index contributed by atoms with van der Waals surface area (Å²) in [5.41, 5.74) is 6.78. The highest BCUT2D eigenvalue weighted by Gasteiger charge is 2.29. The summed E-state index contributed by atoms with van der Waals surface area (Å²) in [4.78, 5) is 12.3. The van der Waals surface area contributed by atoms with Gasteiger partial charge in [-0.15, -0.1) is 0 Å². The largest absolute Gasteiger partial charge is 0.469 e. The van der Waals surface area contributed by atoms with Gasteiger partial charge in [0.25, 0.3) is 0 Å². The van der Waals surface area contributed by atoms with Gasteiger partial charge in [0, 0.05) is 11.1 Å². The maximum Gasteiger partial charge on any atom is 0.150 e. The zero-order valence-electron chi connectivity index (χ0n) is 10.6. The minimum absolute atomic E-state index is 0.127. The second-order valence-corrected chi connectivity index (χ2v) is 4.93. The molecule has 0 atom stereocenters. The summed E-state index contributed by atoms with van der Waals surface area (Å²) in [5.74, 6) is 0.825. The fourth-order valence-electron chi connectivity index (χ4n) is 1.85. The normalized spacial score (nSPS) is 11.4. The van der Waals surface area contributed by atoms with Gasteiger partial charge in [0.05, 0.1) is 12.7 Å². The van der Waals surface area contributed by atoms with Crippen LogP contribution in [-0.4, -0.2) is 5.78 Å². The Balaban J connectivity index is 2.19. The van der Waals surface area contributed by atoms with E-state index in [0.717, 1.165) is 5.56 Å². The molecule has 0 spiro atoms. The van der Waals surface area contributed by atoms with Crippen molar-refractivity contribution in [3.63, 3.8) is 0 Å². The van der Waals surface area contributed by atoms with Crippen LogP contribution in [0.5, 0.6) is 0 Å². The Bertz CT molecular complexity index is 524. The van der Waals surface area contributed by atoms with E-state index in [1.54, 1.807) is 12.3 Å². The molecule has 0 fully saturated rings. The van der Waals surface area contributed by atoms with Gasteiger partial charge in [-0.25, -0.2) is 0 Å². The van der Waals surface area contributed by atoms with Crippen molar-refractivity contribution in [3.8, 4) is 0 Å². The lowest BCUT2D eigenvalue weighted by molar-refractivity contribution is -0.123. The number of benzene rings is 1. The predicted octanol–water partition coefficient (Wildman–Crippen LogP) is 2.95. The number of anilines is 1. The lowest BCUT2D eigenvalue weighted by Crippen LogP contribution is -2.30. The molecule has 3 nitrogen and oxygen atoms in total. The van der Waals surface area contributed by atoms with Crippen LogP contribution in [0.1, 0.15) is 25.2 Å². The number of rotatable bonds is 4. The van der Waals surface area contributed by atoms with E-state index in [2.05, 4.69) is 0 Å². The van der Waals surface area contributed by atoms with E-state index in [0.29, 0.717) is 17.9 Å². The van der Waals surface area contributed by atoms with Gasteiger partial charge < -0.3 is 10.2 Å². The fourth-order valence-corrected chi connectivity index (χ4v) is 1.85. The van der Waals surface area contributed by atoms with Crippen molar-refractivity contribution in [1.82, 2.24) is 0 Å². The molecule has 0 bridgehead atoms. The topological polar surface area (TPSA) is 56.2 Å². The Labute approximate surface area is 107 Å². The van der Waals surface area contributed by atoms with Gasteiger partial charge in [0.1, 0.15) is 11.5 Å². The van der Waals surface area contributed by atoms with E-state index in [1.165, 1.54) is 0 Å². The minimum Gasteiger partial charge on any atom is -0.469 e. The third-order valence-electron chi connectivity index (χ3n) is 3.24. The van der Waals surface area contributed by atoms with Crippen molar-refractivity contribution < 1.29 is 9.21 Å². The van der Waals surface area contributed by atoms with Gasteiger partial charge in [-0.1, -0.05) is 12.1 Å². The molecule has 0 radical (unpaired) electrons. The molecule has 0 aliphatic rings. The van der Waals surface area contributed by atoms with Crippen LogP contribution < -0.4 is 5.73 Å². The lowest BCUT2D eigenvalue weighted by atomic mass is 9.79. The molecule has 0 amide bonds. The van der Waals surface area contributed by atoms with Crippen LogP contribution in [0, 0.1) is 0 Å². The van der Waals surface area contributed by atoms with Gasteiger partial charge in [0.2, 0.25) is 0 Å². The van der Waals surface area contributed by atoms with E-state index in [4.69, 9.17) is 10.2 Å². The number of nitrogens with two attached hydrogens (primary N) is 1. The summed E-state index contributed by atoms with van der Waals surface area (Å²) < 4.78 is 5.21. The Morgan fingerprint density at radius 3 is 2.44 bits per heavy atom. The van der Waals surface area contributed by atoms with Crippen molar-refractivity contribution in [1.29, 1.82) is 0 Å². The van der Waals surface area contributed by atoms with E-state index in [9.17, 15) is 4.79 Å². The van der Waals surface area contributed by atoms with Crippen LogP contribution in [0.4, 0.5) is 5.69 Å². The molecule has 1 aromatic heterocycles. The number of furan rings is 1. The number of carbonyl (C=O) groups excluding carboxylic acids is 1. The summed E-state index contributed by atoms with van der Waals surface area (Å²) in [6, 6.07) is 11.0. The third kappa shape index (κ3) is 2.45. The molecule has 0 aliphatic carbocycles. The van der Waals surface area contributed by atoms with Crippen LogP contribution in [0.15, 0.2) is 47.1 Å². The van der Waals surface area contributed by atoms with Crippen molar-refractivity contribution in [2.75, 3.05) is 5.73 Å². The first kappa shape index (κ1) is 12.4. The molecule has 18 heavy (non-hydrogen) atoms. The monoisotopic (exact) mass is 243 g/mol. The van der Waals surface area contributed by atoms with Crippen LogP contribution >= 0.6 is 0 Å². The second kappa shape index (κ2) is 4.69. The fraction of sp³-hybridized carbons (Fsp3) is 0.267. The highest BCUT2D eigenvalue weighted by atomic mass is 16.3. The van der Waals surface area contributed by atoms with Gasteiger partial charge >= 0.3 is 0 Å². The molecule has 0 unspecified atom stereocenters. The lowest BCUT2D eigenvalue weighted by Gasteiger charge is -2.23. The molecule has 0 aliphatic heterocycles. The van der Waals surface area contributed by atoms with Crippen LogP contribution in [0.3, 0.4) is 0 Å². The van der Waals surface area contributed by atoms with Gasteiger partial charge in [-0.05, 0) is 43.7 Å². The zero-order chi connectivity index (χ0) is 13.2. The number of nitrogen functional groups attached to an aromatic ring is 1. The molecule has 1 heterocycles. The second-order valence-electron chi connectivity index (χ2n) is 4.93. The van der Waals surface area contributed by atoms with Crippen molar-refractivity contribution in [2.24, 2.45) is 0 Å². The van der Waals surface area contributed by atoms with Crippen LogP contribution in [-0.2, 0) is 16.6 Å². The smallest absolute Gasteiger partial charge is 0.150 e. The van der Waals surface area contributed by atoms with E-state index in [1.807, 2.05) is 44.2 Å². The van der Waals surface area contributed by atoms with Gasteiger partial charge in [0.15, 0.2) is 0 Å². The maximum atomic E-state index is 12.3. The average molecular weight is 243 g/mol. The first-order valence-electron chi connectivity index (χ1n) is 5.92. The molecule has 0 saturated heterocycles. The minimum atomic E-state index is -0.541. The number of carbonyl (C=O) groups is 1. The highest BCUT2D eigenvalue weighted by molar-refractivity contribution is 5.90. The van der Waals surface area contributed by atoms with E-state index < -0.39 is 5.41 Å². The van der Waals surface area contributed by atoms with Crippen LogP contribution in [0.2, 0.25) is 0 Å². The third-order valence-corrected chi connectivity index (χ3v) is 3.24. The quantitative estimate of drug-likeness (QED) is 0.840. The Morgan fingerprint density at radius 1 is 1.22 bits per heavy atom. The number of Topliss-reactive ketones (excluding diaryl/α,β-unsaturated/α-hetero) is 1. The number of ketones is 1. The van der Waals surface area contributed by atoms with E-state index in [-0.39, 0.29) is 5.78 Å². The molecule has 3 heteroatoms. The first-order chi connectivity index (χ1) is 8.50. The van der Waals surface area contributed by atoms with Crippen molar-refractivity contribution in [3.05, 3.63) is 54.0 Å². The first-order valence-corrected chi connectivity index (χ1v) is 5.92. The van der Waals surface area contributed by atoms with Gasteiger partial charge in [-0.3, -0.25) is 4.79 Å². The summed E-state index contributed by atoms with van der Waals surface area (Å²) >= 11 is 0. The highest BCUT2D eigenvalue weighted by Crippen LogP contribution is 2.26. The Hall–Kier alpha value is -2.03. The Morgan fingerprint density at radius 2 is 1.89 bits per heavy atom. The standard InChI is InChI=1S/C15H17NO2/c1-15(2,11-5-7-12(16)8-6-11)14(17)10-13-4-3-9-18-13/h3-9H,10,16H2,1-2H3. The summed E-state index contributed by atoms with van der Waals surface area (Å²) in [7, 11) is 0. The molecule has 2 N–H and O–H groups in total. The molecule has 94 valence electrons. The maximum absolute atomic E-state index is 12.3. The van der Waals surface area contributed by atoms with Gasteiger partial charge in [-0.2, -0.15) is 0 Å². The predicted molar refractivity (Wildman–Crippen MR) is 71.3 cm³/mol. The average Bonchev–Trinajstić information content (AvgIpc) is 2.82. The van der Waals surface area contributed by atoms with Crippen LogP contribution in [0.25, 0.3) is 0 Å². The Kier molecular flexibility index (Phi) is 3.24. The zero-order valence-corrected chi connectivity index (χ0v) is 10.6. The molecule has 2 rings (SSSR count). The molecular weight excluding hydrogens is 226 g/mol. The summed E-state index contributed by atoms with van der Waals surface area (Å²) in [6.45, 7) is 3.84. The van der Waals surface area contributed by atoms with E-state index >= 15 is 0 Å². The molecule has 0 saturated carbocycles.